The maximum Gasteiger partial charge on any atom is 0.338 e. The van der Waals surface area contributed by atoms with E-state index >= 15 is 0 Å². The van der Waals surface area contributed by atoms with Crippen LogP contribution in [0.2, 0.25) is 10.0 Å². The largest absolute Gasteiger partial charge is 0.478 e. The first-order valence-electron chi connectivity index (χ1n) is 4.17. The zero-order valence-electron chi connectivity index (χ0n) is 7.76. The van der Waals surface area contributed by atoms with Crippen molar-refractivity contribution in [3.05, 3.63) is 40.4 Å². The van der Waals surface area contributed by atoms with Gasteiger partial charge in [-0.1, -0.05) is 23.2 Å². The van der Waals surface area contributed by atoms with E-state index in [0.717, 1.165) is 0 Å². The number of carboxylic acid groups (broad SMARTS) is 1. The van der Waals surface area contributed by atoms with Gasteiger partial charge in [-0.3, -0.25) is 4.57 Å². The first kappa shape index (κ1) is 10.9. The molecule has 0 aliphatic carbocycles. The molecule has 0 atom stereocenters. The maximum absolute atomic E-state index is 10.8. The molecule has 2 rings (SSSR count). The smallest absolute Gasteiger partial charge is 0.338 e. The summed E-state index contributed by atoms with van der Waals surface area (Å²) >= 11 is 11.7. The number of carbonyl (C=O) groups is 1. The van der Waals surface area contributed by atoms with E-state index in [0.29, 0.717) is 5.69 Å². The summed E-state index contributed by atoms with van der Waals surface area (Å²) in [4.78, 5) is 10.8. The van der Waals surface area contributed by atoms with Crippen molar-refractivity contribution in [2.24, 2.45) is 0 Å². The van der Waals surface area contributed by atoms with Crippen LogP contribution in [0.4, 0.5) is 0 Å². The molecule has 1 aromatic carbocycles. The second-order valence-corrected chi connectivity index (χ2v) is 3.77. The topological polar surface area (TPSA) is 68.0 Å². The van der Waals surface area contributed by atoms with Crippen LogP contribution in [-0.2, 0) is 0 Å². The summed E-state index contributed by atoms with van der Waals surface area (Å²) in [5.74, 6) is -1.16. The van der Waals surface area contributed by atoms with E-state index in [1.807, 2.05) is 0 Å². The summed E-state index contributed by atoms with van der Waals surface area (Å²) in [6.45, 7) is 0. The van der Waals surface area contributed by atoms with Crippen LogP contribution < -0.4 is 0 Å². The molecule has 1 aromatic heterocycles. The van der Waals surface area contributed by atoms with Gasteiger partial charge in [0.2, 0.25) is 0 Å². The molecule has 5 nitrogen and oxygen atoms in total. The van der Waals surface area contributed by atoms with Gasteiger partial charge in [-0.05, 0) is 12.1 Å². The van der Waals surface area contributed by atoms with E-state index in [1.165, 1.54) is 24.8 Å². The predicted octanol–water partition coefficient (Wildman–Crippen LogP) is 2.27. The monoisotopic (exact) mass is 257 g/mol. The Morgan fingerprint density at radius 1 is 1.19 bits per heavy atom. The minimum atomic E-state index is -1.16. The van der Waals surface area contributed by atoms with Gasteiger partial charge in [-0.15, -0.1) is 10.2 Å². The van der Waals surface area contributed by atoms with Crippen molar-refractivity contribution in [1.29, 1.82) is 0 Å². The summed E-state index contributed by atoms with van der Waals surface area (Å²) in [6, 6.07) is 2.97. The second-order valence-electron chi connectivity index (χ2n) is 2.96. The molecule has 1 N–H and O–H groups in total. The molecule has 82 valence electrons. The molecular formula is C9H5Cl2N3O2. The Hall–Kier alpha value is -1.59. The van der Waals surface area contributed by atoms with Gasteiger partial charge in [0.1, 0.15) is 12.7 Å². The average molecular weight is 258 g/mol. The number of hydrogen-bond donors (Lipinski definition) is 1. The standard InChI is InChI=1S/C9H5Cl2N3O2/c10-6-1-5(14-3-12-13-4-14)2-7(11)8(6)9(15)16/h1-4H,(H,15,16). The third kappa shape index (κ3) is 1.87. The molecule has 0 unspecified atom stereocenters. The maximum atomic E-state index is 10.8. The van der Waals surface area contributed by atoms with Crippen molar-refractivity contribution in [2.45, 2.75) is 0 Å². The van der Waals surface area contributed by atoms with Crippen molar-refractivity contribution >= 4 is 29.2 Å². The van der Waals surface area contributed by atoms with E-state index in [2.05, 4.69) is 10.2 Å². The summed E-state index contributed by atoms with van der Waals surface area (Å²) in [5, 5.41) is 16.3. The third-order valence-electron chi connectivity index (χ3n) is 1.96. The molecule has 0 fully saturated rings. The Morgan fingerprint density at radius 2 is 1.69 bits per heavy atom. The lowest BCUT2D eigenvalue weighted by Gasteiger charge is -2.06. The van der Waals surface area contributed by atoms with E-state index in [4.69, 9.17) is 28.3 Å². The van der Waals surface area contributed by atoms with Crippen LogP contribution in [0.1, 0.15) is 10.4 Å². The van der Waals surface area contributed by atoms with Crippen LogP contribution in [0.3, 0.4) is 0 Å². The van der Waals surface area contributed by atoms with E-state index in [-0.39, 0.29) is 15.6 Å². The average Bonchev–Trinajstić information content (AvgIpc) is 2.67. The fraction of sp³-hybridized carbons (Fsp3) is 0. The highest BCUT2D eigenvalue weighted by molar-refractivity contribution is 6.39. The third-order valence-corrected chi connectivity index (χ3v) is 2.55. The molecular weight excluding hydrogens is 253 g/mol. The van der Waals surface area contributed by atoms with Crippen molar-refractivity contribution in [2.75, 3.05) is 0 Å². The number of carboxylic acids is 1. The molecule has 0 aliphatic heterocycles. The van der Waals surface area contributed by atoms with Gasteiger partial charge in [-0.25, -0.2) is 4.79 Å². The SMILES string of the molecule is O=C(O)c1c(Cl)cc(-n2cnnc2)cc1Cl. The normalized spacial score (nSPS) is 10.4. The minimum absolute atomic E-state index is 0.0729. The quantitative estimate of drug-likeness (QED) is 0.897. The van der Waals surface area contributed by atoms with Gasteiger partial charge in [0.15, 0.2) is 0 Å². The predicted molar refractivity (Wildman–Crippen MR) is 58.3 cm³/mol. The number of halogens is 2. The fourth-order valence-corrected chi connectivity index (χ4v) is 1.88. The van der Waals surface area contributed by atoms with Crippen LogP contribution >= 0.6 is 23.2 Å². The molecule has 0 bridgehead atoms. The fourth-order valence-electron chi connectivity index (χ4n) is 1.25. The van der Waals surface area contributed by atoms with Gasteiger partial charge in [0.05, 0.1) is 21.3 Å². The molecule has 2 aromatic rings. The van der Waals surface area contributed by atoms with Gasteiger partial charge in [0.25, 0.3) is 0 Å². The van der Waals surface area contributed by atoms with Crippen LogP contribution in [0.15, 0.2) is 24.8 Å². The van der Waals surface area contributed by atoms with Crippen molar-refractivity contribution < 1.29 is 9.90 Å². The number of hydrogen-bond acceptors (Lipinski definition) is 3. The Labute approximate surface area is 100 Å². The number of aromatic nitrogens is 3. The van der Waals surface area contributed by atoms with Gasteiger partial charge in [0, 0.05) is 0 Å². The lowest BCUT2D eigenvalue weighted by Crippen LogP contribution is -2.01. The zero-order chi connectivity index (χ0) is 11.7. The first-order valence-corrected chi connectivity index (χ1v) is 4.92. The van der Waals surface area contributed by atoms with E-state index in [9.17, 15) is 4.79 Å². The van der Waals surface area contributed by atoms with E-state index < -0.39 is 5.97 Å². The van der Waals surface area contributed by atoms with Crippen molar-refractivity contribution in [1.82, 2.24) is 14.8 Å². The van der Waals surface area contributed by atoms with E-state index in [1.54, 1.807) is 4.57 Å². The molecule has 1 heterocycles. The molecule has 16 heavy (non-hydrogen) atoms. The number of rotatable bonds is 2. The van der Waals surface area contributed by atoms with Crippen LogP contribution in [0, 0.1) is 0 Å². The highest BCUT2D eigenvalue weighted by Crippen LogP contribution is 2.28. The van der Waals surface area contributed by atoms with Crippen LogP contribution in [0.5, 0.6) is 0 Å². The Balaban J connectivity index is 2.58. The molecule has 0 aliphatic rings. The summed E-state index contributed by atoms with van der Waals surface area (Å²) in [5.41, 5.74) is 0.491. The minimum Gasteiger partial charge on any atom is -0.478 e. The van der Waals surface area contributed by atoms with Gasteiger partial charge >= 0.3 is 5.97 Å². The van der Waals surface area contributed by atoms with Gasteiger partial charge < -0.3 is 5.11 Å². The lowest BCUT2D eigenvalue weighted by molar-refractivity contribution is 0.0697. The number of aromatic carboxylic acids is 1. The van der Waals surface area contributed by atoms with Crippen LogP contribution in [-0.4, -0.2) is 25.8 Å². The molecule has 0 spiro atoms. The second kappa shape index (κ2) is 4.11. The number of benzene rings is 1. The molecule has 7 heteroatoms. The summed E-state index contributed by atoms with van der Waals surface area (Å²) < 4.78 is 1.57. The Morgan fingerprint density at radius 3 is 2.12 bits per heavy atom. The molecule has 0 saturated carbocycles. The van der Waals surface area contributed by atoms with Crippen LogP contribution in [0.25, 0.3) is 5.69 Å². The number of nitrogens with zero attached hydrogens (tertiary/aromatic N) is 3. The Kier molecular flexibility index (Phi) is 2.80. The molecule has 0 amide bonds. The van der Waals surface area contributed by atoms with Gasteiger partial charge in [-0.2, -0.15) is 0 Å². The van der Waals surface area contributed by atoms with Crippen molar-refractivity contribution in [3.63, 3.8) is 0 Å². The summed E-state index contributed by atoms with van der Waals surface area (Å²) in [7, 11) is 0. The molecule has 0 saturated heterocycles. The lowest BCUT2D eigenvalue weighted by atomic mass is 10.2. The zero-order valence-corrected chi connectivity index (χ0v) is 9.27. The Bertz CT molecular complexity index is 517. The highest BCUT2D eigenvalue weighted by atomic mass is 35.5. The first-order chi connectivity index (χ1) is 7.59. The molecule has 0 radical (unpaired) electrons. The highest BCUT2D eigenvalue weighted by Gasteiger charge is 2.15. The summed E-state index contributed by atoms with van der Waals surface area (Å²) in [6.07, 6.45) is 2.92. The van der Waals surface area contributed by atoms with Crippen molar-refractivity contribution in [3.8, 4) is 5.69 Å².